The molecule has 100 valence electrons. The van der Waals surface area contributed by atoms with Crippen LogP contribution >= 0.6 is 27.3 Å². The number of nitrogens with zero attached hydrogens (tertiary/aromatic N) is 2. The number of anilines is 1. The lowest BCUT2D eigenvalue weighted by Crippen LogP contribution is -2.12. The highest BCUT2D eigenvalue weighted by molar-refractivity contribution is 9.11. The van der Waals surface area contributed by atoms with E-state index in [1.54, 1.807) is 12.3 Å². The van der Waals surface area contributed by atoms with E-state index in [1.807, 2.05) is 31.2 Å². The third-order valence-corrected chi connectivity index (χ3v) is 4.18. The van der Waals surface area contributed by atoms with Gasteiger partial charge in [-0.05, 0) is 35.0 Å². The number of benzene rings is 1. The fourth-order valence-electron chi connectivity index (χ4n) is 1.97. The summed E-state index contributed by atoms with van der Waals surface area (Å²) in [7, 11) is 0. The zero-order valence-corrected chi connectivity index (χ0v) is 13.0. The van der Waals surface area contributed by atoms with Crippen molar-refractivity contribution in [2.45, 2.75) is 6.92 Å². The number of thiazole rings is 1. The van der Waals surface area contributed by atoms with Gasteiger partial charge in [-0.1, -0.05) is 29.5 Å². The summed E-state index contributed by atoms with van der Waals surface area (Å²) in [6, 6.07) is 9.40. The summed E-state index contributed by atoms with van der Waals surface area (Å²) < 4.78 is 0.878. The molecular weight excluding hydrogens is 338 g/mol. The minimum atomic E-state index is -0.173. The first-order chi connectivity index (χ1) is 9.63. The predicted molar refractivity (Wildman–Crippen MR) is 84.2 cm³/mol. The standard InChI is InChI=1S/C14H10BrN3OS/c1-8-6-10(9-4-2-3-5-11(9)17-8)13(19)18-14-16-7-12(15)20-14/h2-7H,1H3,(H,16,18,19). The third-order valence-electron chi connectivity index (χ3n) is 2.79. The largest absolute Gasteiger partial charge is 0.298 e. The summed E-state index contributed by atoms with van der Waals surface area (Å²) in [4.78, 5) is 20.9. The Labute approximate surface area is 128 Å². The maximum Gasteiger partial charge on any atom is 0.258 e. The number of amides is 1. The van der Waals surface area contributed by atoms with Crippen molar-refractivity contribution in [2.24, 2.45) is 0 Å². The molecule has 0 aliphatic rings. The molecule has 0 aliphatic heterocycles. The number of rotatable bonds is 2. The molecule has 0 aliphatic carbocycles. The normalized spacial score (nSPS) is 10.7. The van der Waals surface area contributed by atoms with Gasteiger partial charge >= 0.3 is 0 Å². The van der Waals surface area contributed by atoms with Crippen molar-refractivity contribution >= 4 is 49.2 Å². The van der Waals surface area contributed by atoms with Crippen molar-refractivity contribution in [3.05, 3.63) is 51.6 Å². The highest BCUT2D eigenvalue weighted by Gasteiger charge is 2.13. The van der Waals surface area contributed by atoms with E-state index in [2.05, 4.69) is 31.2 Å². The van der Waals surface area contributed by atoms with E-state index in [0.717, 1.165) is 20.4 Å². The van der Waals surface area contributed by atoms with Crippen LogP contribution in [-0.2, 0) is 0 Å². The predicted octanol–water partition coefficient (Wildman–Crippen LogP) is 4.01. The second-order valence-corrected chi connectivity index (χ2v) is 6.66. The number of carbonyl (C=O) groups excluding carboxylic acids is 1. The second-order valence-electron chi connectivity index (χ2n) is 4.25. The number of aromatic nitrogens is 2. The van der Waals surface area contributed by atoms with Crippen LogP contribution in [0.5, 0.6) is 0 Å². The maximum atomic E-state index is 12.4. The fraction of sp³-hybridized carbons (Fsp3) is 0.0714. The number of para-hydroxylation sites is 1. The number of fused-ring (bicyclic) bond motifs is 1. The van der Waals surface area contributed by atoms with Crippen LogP contribution in [0.15, 0.2) is 40.3 Å². The van der Waals surface area contributed by atoms with Crippen molar-refractivity contribution in [2.75, 3.05) is 5.32 Å². The van der Waals surface area contributed by atoms with E-state index < -0.39 is 0 Å². The minimum absolute atomic E-state index is 0.173. The summed E-state index contributed by atoms with van der Waals surface area (Å²) in [5.41, 5.74) is 2.24. The number of nitrogens with one attached hydrogen (secondary N) is 1. The van der Waals surface area contributed by atoms with Crippen LogP contribution < -0.4 is 5.32 Å². The molecule has 0 fully saturated rings. The van der Waals surface area contributed by atoms with E-state index in [-0.39, 0.29) is 5.91 Å². The van der Waals surface area contributed by atoms with Crippen molar-refractivity contribution in [3.8, 4) is 0 Å². The van der Waals surface area contributed by atoms with Gasteiger partial charge in [-0.2, -0.15) is 0 Å². The highest BCUT2D eigenvalue weighted by Crippen LogP contribution is 2.25. The number of carbonyl (C=O) groups is 1. The first-order valence-corrected chi connectivity index (χ1v) is 7.53. The van der Waals surface area contributed by atoms with Crippen LogP contribution in [-0.4, -0.2) is 15.9 Å². The van der Waals surface area contributed by atoms with Gasteiger partial charge in [-0.25, -0.2) is 4.98 Å². The molecule has 2 heterocycles. The molecule has 3 rings (SSSR count). The molecule has 1 N–H and O–H groups in total. The Bertz CT molecular complexity index is 800. The summed E-state index contributed by atoms with van der Waals surface area (Å²) in [6.07, 6.45) is 1.66. The molecule has 1 amide bonds. The molecule has 0 unspecified atom stereocenters. The summed E-state index contributed by atoms with van der Waals surface area (Å²) in [5.74, 6) is -0.173. The smallest absolute Gasteiger partial charge is 0.258 e. The van der Waals surface area contributed by atoms with Crippen molar-refractivity contribution in [1.29, 1.82) is 0 Å². The molecule has 1 aromatic carbocycles. The summed E-state index contributed by atoms with van der Waals surface area (Å²) in [6.45, 7) is 1.88. The Morgan fingerprint density at radius 1 is 1.35 bits per heavy atom. The molecule has 20 heavy (non-hydrogen) atoms. The monoisotopic (exact) mass is 347 g/mol. The molecule has 0 saturated heterocycles. The molecule has 0 saturated carbocycles. The molecule has 0 bridgehead atoms. The van der Waals surface area contributed by atoms with Gasteiger partial charge in [-0.15, -0.1) is 0 Å². The van der Waals surface area contributed by atoms with Gasteiger partial charge in [0.25, 0.3) is 5.91 Å². The minimum Gasteiger partial charge on any atom is -0.298 e. The molecule has 3 aromatic rings. The van der Waals surface area contributed by atoms with Crippen molar-refractivity contribution in [3.63, 3.8) is 0 Å². The van der Waals surface area contributed by atoms with Gasteiger partial charge < -0.3 is 0 Å². The molecule has 2 aromatic heterocycles. The van der Waals surface area contributed by atoms with E-state index >= 15 is 0 Å². The number of hydrogen-bond acceptors (Lipinski definition) is 4. The fourth-order valence-corrected chi connectivity index (χ4v) is 3.07. The average Bonchev–Trinajstić information content (AvgIpc) is 2.83. The van der Waals surface area contributed by atoms with Gasteiger partial charge in [0.15, 0.2) is 5.13 Å². The molecule has 0 spiro atoms. The Morgan fingerprint density at radius 2 is 2.15 bits per heavy atom. The van der Waals surface area contributed by atoms with Crippen LogP contribution in [0.4, 0.5) is 5.13 Å². The van der Waals surface area contributed by atoms with E-state index in [4.69, 9.17) is 0 Å². The lowest BCUT2D eigenvalue weighted by Gasteiger charge is -2.07. The zero-order valence-electron chi connectivity index (χ0n) is 10.6. The summed E-state index contributed by atoms with van der Waals surface area (Å²) >= 11 is 4.70. The van der Waals surface area contributed by atoms with E-state index in [1.165, 1.54) is 11.3 Å². The zero-order chi connectivity index (χ0) is 14.1. The first kappa shape index (κ1) is 13.2. The van der Waals surface area contributed by atoms with E-state index in [9.17, 15) is 4.79 Å². The van der Waals surface area contributed by atoms with Crippen LogP contribution in [0.3, 0.4) is 0 Å². The van der Waals surface area contributed by atoms with Crippen LogP contribution in [0, 0.1) is 6.92 Å². The van der Waals surface area contributed by atoms with Gasteiger partial charge in [-0.3, -0.25) is 15.1 Å². The second kappa shape index (κ2) is 5.30. The highest BCUT2D eigenvalue weighted by atomic mass is 79.9. The maximum absolute atomic E-state index is 12.4. The average molecular weight is 348 g/mol. The number of halogens is 1. The molecule has 0 radical (unpaired) electrons. The lowest BCUT2D eigenvalue weighted by atomic mass is 10.1. The van der Waals surface area contributed by atoms with Crippen molar-refractivity contribution < 1.29 is 4.79 Å². The first-order valence-electron chi connectivity index (χ1n) is 5.92. The molecule has 4 nitrogen and oxygen atoms in total. The van der Waals surface area contributed by atoms with Gasteiger partial charge in [0.1, 0.15) is 0 Å². The van der Waals surface area contributed by atoms with Crippen LogP contribution in [0.2, 0.25) is 0 Å². The van der Waals surface area contributed by atoms with Gasteiger partial charge in [0.2, 0.25) is 0 Å². The number of hydrogen-bond donors (Lipinski definition) is 1. The summed E-state index contributed by atoms with van der Waals surface area (Å²) in [5, 5.41) is 4.22. The number of aryl methyl sites for hydroxylation is 1. The van der Waals surface area contributed by atoms with Crippen LogP contribution in [0.25, 0.3) is 10.9 Å². The molecule has 6 heteroatoms. The van der Waals surface area contributed by atoms with Crippen LogP contribution in [0.1, 0.15) is 16.1 Å². The van der Waals surface area contributed by atoms with Crippen molar-refractivity contribution in [1.82, 2.24) is 9.97 Å². The third kappa shape index (κ3) is 2.57. The Balaban J connectivity index is 2.02. The topological polar surface area (TPSA) is 54.9 Å². The quantitative estimate of drug-likeness (QED) is 0.761. The molecular formula is C14H10BrN3OS. The van der Waals surface area contributed by atoms with E-state index in [0.29, 0.717) is 10.7 Å². The lowest BCUT2D eigenvalue weighted by molar-refractivity contribution is 0.102. The Hall–Kier alpha value is -1.79. The van der Waals surface area contributed by atoms with Gasteiger partial charge in [0, 0.05) is 11.1 Å². The Kier molecular flexibility index (Phi) is 3.50. The Morgan fingerprint density at radius 3 is 2.90 bits per heavy atom. The molecule has 0 atom stereocenters. The SMILES string of the molecule is Cc1cc(C(=O)Nc2ncc(Br)s2)c2ccccc2n1. The van der Waals surface area contributed by atoms with Gasteiger partial charge in [0.05, 0.1) is 21.1 Å². The number of pyridine rings is 1.